The average Bonchev–Trinajstić information content (AvgIpc) is 3.59. The molecule has 1 fully saturated rings. The molecule has 1 aliphatic rings. The van der Waals surface area contributed by atoms with Crippen molar-refractivity contribution in [3.8, 4) is 23.0 Å². The Morgan fingerprint density at radius 1 is 0.409 bits per heavy atom. The van der Waals surface area contributed by atoms with E-state index < -0.39 is 23.8 Å². The van der Waals surface area contributed by atoms with Gasteiger partial charge in [-0.05, 0) is 262 Å². The van der Waals surface area contributed by atoms with Gasteiger partial charge in [-0.3, -0.25) is 9.59 Å². The first-order valence-corrected chi connectivity index (χ1v) is 32.9. The number of hydrogen-bond donors (Lipinski definition) is 2. The molecular weight excluding hydrogens is 1100 g/mol. The van der Waals surface area contributed by atoms with Crippen molar-refractivity contribution >= 4 is 11.9 Å². The second-order valence-electron chi connectivity index (χ2n) is 27.3. The van der Waals surface area contributed by atoms with E-state index in [1.807, 2.05) is 91.8 Å². The number of esters is 2. The predicted molar refractivity (Wildman–Crippen MR) is 354 cm³/mol. The van der Waals surface area contributed by atoms with E-state index in [-0.39, 0.29) is 70.8 Å². The summed E-state index contributed by atoms with van der Waals surface area (Å²) >= 11 is 0. The van der Waals surface area contributed by atoms with E-state index in [1.165, 1.54) is 33.4 Å². The molecule has 10 atom stereocenters. The SMILES string of the molecule is CCC(CC(CC(CC(C)c1ccc(O)cc1)c1ccc(OC(C)OCC2CCC(COC(C)Oc3ccc(C(CC(C)c4ccc(O)cc4)CC(CC(CC)C(=O)OC(C)(C)C)c4ccccc4)cc3)CC2)cc1)c1ccccc1)C(=O)OC(C)(C)C. The summed E-state index contributed by atoms with van der Waals surface area (Å²) in [6, 6.07) is 53.3. The normalized spacial score (nSPS) is 18.1. The molecule has 6 aromatic carbocycles. The molecule has 10 heteroatoms. The minimum atomic E-state index is -0.554. The van der Waals surface area contributed by atoms with E-state index in [4.69, 9.17) is 28.4 Å². The van der Waals surface area contributed by atoms with Crippen LogP contribution in [0.2, 0.25) is 0 Å². The zero-order chi connectivity index (χ0) is 63.4. The third-order valence-corrected chi connectivity index (χ3v) is 17.9. The van der Waals surface area contributed by atoms with E-state index in [1.54, 1.807) is 24.3 Å². The van der Waals surface area contributed by atoms with Crippen molar-refractivity contribution < 1.29 is 48.2 Å². The highest BCUT2D eigenvalue weighted by molar-refractivity contribution is 5.73. The maximum absolute atomic E-state index is 13.5. The summed E-state index contributed by atoms with van der Waals surface area (Å²) < 4.78 is 37.4. The Labute approximate surface area is 528 Å². The lowest BCUT2D eigenvalue weighted by Gasteiger charge is -2.30. The largest absolute Gasteiger partial charge is 0.508 e. The lowest BCUT2D eigenvalue weighted by molar-refractivity contribution is -0.161. The standard InChI is InChI=1S/C78H104O10/c1-13-59(75(81)87-77(7,8)9)47-69(63-21-17-15-18-22-63)49-67(45-53(3)61-29-37-71(79)38-30-61)65-33-41-73(42-34-65)85-55(5)83-51-57-25-27-58(28-26-57)52-84-56(6)86-74-43-35-66(36-44-74)68(46-54(4)62-31-39-72(80)40-32-62)50-70(64-23-19-16-20-24-64)48-60(14-2)76(82)88-78(10,11)12/h15-24,29-44,53-60,67-70,79-80H,13-14,25-28,45-52H2,1-12H3. The van der Waals surface area contributed by atoms with Crippen LogP contribution >= 0.6 is 0 Å². The van der Waals surface area contributed by atoms with Crippen LogP contribution in [0.1, 0.15) is 229 Å². The van der Waals surface area contributed by atoms with Crippen LogP contribution in [0.4, 0.5) is 0 Å². The van der Waals surface area contributed by atoms with E-state index in [0.717, 1.165) is 62.9 Å². The molecule has 0 heterocycles. The fraction of sp³-hybridized carbons (Fsp3) is 0.513. The summed E-state index contributed by atoms with van der Waals surface area (Å²) in [7, 11) is 0. The predicted octanol–water partition coefficient (Wildman–Crippen LogP) is 19.5. The number of carbonyl (C=O) groups is 2. The Bertz CT molecular complexity index is 2750. The number of rotatable bonds is 32. The number of phenolic OH excluding ortho intramolecular Hbond substituents is 2. The molecule has 0 aromatic heterocycles. The molecule has 2 N–H and O–H groups in total. The number of hydrogen-bond acceptors (Lipinski definition) is 10. The van der Waals surface area contributed by atoms with E-state index in [2.05, 4.69) is 125 Å². The van der Waals surface area contributed by atoms with Gasteiger partial charge in [-0.1, -0.05) is 137 Å². The Hall–Kier alpha value is -6.62. The van der Waals surface area contributed by atoms with E-state index in [0.29, 0.717) is 50.7 Å². The minimum Gasteiger partial charge on any atom is -0.508 e. The van der Waals surface area contributed by atoms with Crippen LogP contribution < -0.4 is 9.47 Å². The monoisotopic (exact) mass is 1200 g/mol. The first-order valence-electron chi connectivity index (χ1n) is 32.9. The summed E-state index contributed by atoms with van der Waals surface area (Å²) in [5, 5.41) is 20.1. The Balaban J connectivity index is 0.910. The summed E-state index contributed by atoms with van der Waals surface area (Å²) in [6.07, 6.45) is 9.71. The third-order valence-electron chi connectivity index (χ3n) is 17.9. The second-order valence-corrected chi connectivity index (χ2v) is 27.3. The number of ether oxygens (including phenoxy) is 6. The fourth-order valence-corrected chi connectivity index (χ4v) is 12.9. The lowest BCUT2D eigenvalue weighted by Crippen LogP contribution is -2.29. The van der Waals surface area contributed by atoms with Gasteiger partial charge in [0.25, 0.3) is 0 Å². The van der Waals surface area contributed by atoms with Crippen molar-refractivity contribution in [2.24, 2.45) is 23.7 Å². The summed E-state index contributed by atoms with van der Waals surface area (Å²) in [5.74, 6) is 3.26. The quantitative estimate of drug-likeness (QED) is 0.0311. The van der Waals surface area contributed by atoms with Gasteiger partial charge in [0.05, 0.1) is 25.0 Å². The van der Waals surface area contributed by atoms with Crippen LogP contribution in [0.3, 0.4) is 0 Å². The van der Waals surface area contributed by atoms with E-state index in [9.17, 15) is 19.8 Å². The number of phenols is 2. The molecule has 476 valence electrons. The first kappa shape index (κ1) is 68.9. The van der Waals surface area contributed by atoms with Gasteiger partial charge < -0.3 is 38.6 Å². The molecule has 0 aliphatic heterocycles. The highest BCUT2D eigenvalue weighted by Gasteiger charge is 2.33. The highest BCUT2D eigenvalue weighted by atomic mass is 16.7. The Morgan fingerprint density at radius 2 is 0.705 bits per heavy atom. The maximum Gasteiger partial charge on any atom is 0.309 e. The zero-order valence-corrected chi connectivity index (χ0v) is 55.0. The van der Waals surface area contributed by atoms with Gasteiger partial charge >= 0.3 is 11.9 Å². The van der Waals surface area contributed by atoms with Gasteiger partial charge in [0, 0.05) is 0 Å². The Morgan fingerprint density at radius 3 is 1.01 bits per heavy atom. The smallest absolute Gasteiger partial charge is 0.309 e. The Kier molecular flexibility index (Phi) is 26.0. The summed E-state index contributed by atoms with van der Waals surface area (Å²) in [5.41, 5.74) is 6.13. The van der Waals surface area contributed by atoms with Crippen molar-refractivity contribution in [3.05, 3.63) is 191 Å². The van der Waals surface area contributed by atoms with Crippen molar-refractivity contribution in [2.45, 2.75) is 219 Å². The van der Waals surface area contributed by atoms with Crippen LogP contribution in [-0.2, 0) is 28.5 Å². The fourth-order valence-electron chi connectivity index (χ4n) is 12.9. The molecule has 0 bridgehead atoms. The second kappa shape index (κ2) is 33.3. The van der Waals surface area contributed by atoms with Crippen molar-refractivity contribution in [3.63, 3.8) is 0 Å². The zero-order valence-electron chi connectivity index (χ0n) is 55.0. The summed E-state index contributed by atoms with van der Waals surface area (Å²) in [4.78, 5) is 27.1. The number of benzene rings is 6. The molecule has 0 saturated heterocycles. The van der Waals surface area contributed by atoms with Crippen LogP contribution in [0.15, 0.2) is 158 Å². The van der Waals surface area contributed by atoms with Crippen LogP contribution in [-0.4, -0.2) is 59.1 Å². The molecule has 0 radical (unpaired) electrons. The molecule has 1 saturated carbocycles. The minimum absolute atomic E-state index is 0.126. The van der Waals surface area contributed by atoms with Crippen molar-refractivity contribution in [1.29, 1.82) is 0 Å². The van der Waals surface area contributed by atoms with Gasteiger partial charge in [-0.2, -0.15) is 0 Å². The lowest BCUT2D eigenvalue weighted by atomic mass is 9.76. The molecule has 6 aromatic rings. The topological polar surface area (TPSA) is 130 Å². The van der Waals surface area contributed by atoms with Gasteiger partial charge in [-0.15, -0.1) is 0 Å². The van der Waals surface area contributed by atoms with Gasteiger partial charge in [-0.25, -0.2) is 0 Å². The van der Waals surface area contributed by atoms with Gasteiger partial charge in [0.1, 0.15) is 34.2 Å². The molecule has 10 nitrogen and oxygen atoms in total. The van der Waals surface area contributed by atoms with Crippen LogP contribution in [0, 0.1) is 23.7 Å². The van der Waals surface area contributed by atoms with Crippen molar-refractivity contribution in [1.82, 2.24) is 0 Å². The summed E-state index contributed by atoms with van der Waals surface area (Å²) in [6.45, 7) is 25.5. The van der Waals surface area contributed by atoms with E-state index >= 15 is 0 Å². The van der Waals surface area contributed by atoms with Gasteiger partial charge in [0.15, 0.2) is 12.6 Å². The molecule has 88 heavy (non-hydrogen) atoms. The molecule has 0 spiro atoms. The first-order chi connectivity index (χ1) is 42.0. The molecule has 7 rings (SSSR count). The molecule has 0 amide bonds. The van der Waals surface area contributed by atoms with Crippen molar-refractivity contribution in [2.75, 3.05) is 13.2 Å². The molecule has 1 aliphatic carbocycles. The number of aromatic hydroxyl groups is 2. The van der Waals surface area contributed by atoms with Crippen LogP contribution in [0.25, 0.3) is 0 Å². The van der Waals surface area contributed by atoms with Crippen LogP contribution in [0.5, 0.6) is 23.0 Å². The molecule has 10 unspecified atom stereocenters. The average molecular weight is 1200 g/mol. The number of carbonyl (C=O) groups excluding carboxylic acids is 2. The highest BCUT2D eigenvalue weighted by Crippen LogP contribution is 2.44. The van der Waals surface area contributed by atoms with Gasteiger partial charge in [0.2, 0.25) is 0 Å². The molecular formula is C78H104O10. The third kappa shape index (κ3) is 22.5. The maximum atomic E-state index is 13.5.